The number of Topliss-reactive ketones (excluding diaryl/α,β-unsaturated/α-hetero) is 1. The van der Waals surface area contributed by atoms with Gasteiger partial charge in [-0.2, -0.15) is 0 Å². The van der Waals surface area contributed by atoms with E-state index in [9.17, 15) is 24.2 Å². The van der Waals surface area contributed by atoms with Crippen LogP contribution in [0, 0.1) is 5.82 Å². The molecule has 1 aliphatic heterocycles. The third-order valence-corrected chi connectivity index (χ3v) is 7.67. The van der Waals surface area contributed by atoms with Crippen LogP contribution in [0.15, 0.2) is 48.5 Å². The molecule has 2 heterocycles. The van der Waals surface area contributed by atoms with Crippen LogP contribution in [0.1, 0.15) is 82.4 Å². The van der Waals surface area contributed by atoms with Crippen molar-refractivity contribution in [3.63, 3.8) is 0 Å². The monoisotopic (exact) mass is 638 g/mol. The van der Waals surface area contributed by atoms with Gasteiger partial charge in [-0.25, -0.2) is 14.2 Å². The lowest BCUT2D eigenvalue weighted by Crippen LogP contribution is -2.48. The van der Waals surface area contributed by atoms with E-state index in [1.165, 1.54) is 19.2 Å². The highest BCUT2D eigenvalue weighted by Gasteiger charge is 2.40. The third kappa shape index (κ3) is 8.32. The number of pyridine rings is 1. The lowest BCUT2D eigenvalue weighted by Gasteiger charge is -2.38. The first-order valence-electron chi connectivity index (χ1n) is 15.2. The minimum Gasteiger partial charge on any atom is -0.493 e. The number of alkyl carbamates (subject to hydrolysis) is 1. The Labute approximate surface area is 268 Å². The number of benzene rings is 2. The maximum Gasteiger partial charge on any atom is 0.408 e. The summed E-state index contributed by atoms with van der Waals surface area (Å²) in [5.41, 5.74) is -1.16. The summed E-state index contributed by atoms with van der Waals surface area (Å²) in [6.07, 6.45) is -0.893. The van der Waals surface area contributed by atoms with Crippen molar-refractivity contribution in [1.82, 2.24) is 10.3 Å². The Bertz CT molecular complexity index is 1570. The maximum atomic E-state index is 13.9. The van der Waals surface area contributed by atoms with Crippen LogP contribution in [-0.4, -0.2) is 59.1 Å². The average Bonchev–Trinajstić information content (AvgIpc) is 2.97. The zero-order valence-corrected chi connectivity index (χ0v) is 27.4. The number of aromatic nitrogens is 1. The van der Waals surface area contributed by atoms with Gasteiger partial charge >= 0.3 is 6.09 Å². The number of carbonyl (C=O) groups excluding carboxylic acids is 2. The van der Waals surface area contributed by atoms with E-state index in [2.05, 4.69) is 5.32 Å². The van der Waals surface area contributed by atoms with Gasteiger partial charge in [0.1, 0.15) is 29.3 Å². The van der Waals surface area contributed by atoms with Gasteiger partial charge in [0, 0.05) is 29.5 Å². The first-order valence-corrected chi connectivity index (χ1v) is 15.2. The van der Waals surface area contributed by atoms with E-state index in [1.54, 1.807) is 71.0 Å². The molecule has 3 aromatic rings. The molecule has 3 atom stereocenters. The third-order valence-electron chi connectivity index (χ3n) is 7.67. The largest absolute Gasteiger partial charge is 0.493 e. The Balaban J connectivity index is 1.67. The van der Waals surface area contributed by atoms with E-state index in [1.807, 2.05) is 6.92 Å². The van der Waals surface area contributed by atoms with Gasteiger partial charge in [-0.1, -0.05) is 0 Å². The lowest BCUT2D eigenvalue weighted by atomic mass is 9.83. The second-order valence-electron chi connectivity index (χ2n) is 13.0. The van der Waals surface area contributed by atoms with Crippen molar-refractivity contribution >= 4 is 11.9 Å². The second kappa shape index (κ2) is 13.6. The molecule has 1 aromatic heterocycles. The number of hydrogen-bond donors (Lipinski definition) is 3. The molecule has 10 nitrogen and oxygen atoms in total. The number of methoxy groups -OCH3 is 1. The number of ketones is 1. The van der Waals surface area contributed by atoms with Crippen molar-refractivity contribution in [2.24, 2.45) is 0 Å². The van der Waals surface area contributed by atoms with E-state index in [-0.39, 0.29) is 37.5 Å². The minimum atomic E-state index is -1.59. The highest BCUT2D eigenvalue weighted by atomic mass is 19.1. The van der Waals surface area contributed by atoms with E-state index >= 15 is 0 Å². The fourth-order valence-electron chi connectivity index (χ4n) is 5.12. The Kier molecular flexibility index (Phi) is 10.3. The Morgan fingerprint density at radius 3 is 2.43 bits per heavy atom. The van der Waals surface area contributed by atoms with Crippen LogP contribution in [-0.2, 0) is 15.9 Å². The molecule has 0 bridgehead atoms. The number of aliphatic hydroxyl groups excluding tert-OH is 1. The molecule has 0 saturated carbocycles. The summed E-state index contributed by atoms with van der Waals surface area (Å²) in [6, 6.07) is 12.2. The number of ether oxygens (including phenoxy) is 4. The molecular weight excluding hydrogens is 595 g/mol. The number of nitrogens with zero attached hydrogens (tertiary/aromatic N) is 1. The van der Waals surface area contributed by atoms with Crippen LogP contribution in [0.2, 0.25) is 0 Å². The zero-order valence-electron chi connectivity index (χ0n) is 27.4. The van der Waals surface area contributed by atoms with Crippen LogP contribution in [0.4, 0.5) is 9.18 Å². The molecule has 11 heteroatoms. The van der Waals surface area contributed by atoms with E-state index in [0.717, 1.165) is 0 Å². The molecule has 0 saturated heterocycles. The van der Waals surface area contributed by atoms with Gasteiger partial charge in [-0.3, -0.25) is 4.79 Å². The van der Waals surface area contributed by atoms with Crippen molar-refractivity contribution in [2.75, 3.05) is 20.3 Å². The minimum absolute atomic E-state index is 0.0140. The number of aliphatic hydroxyl groups is 2. The number of halogens is 1. The molecule has 46 heavy (non-hydrogen) atoms. The number of hydrogen-bond acceptors (Lipinski definition) is 9. The quantitative estimate of drug-likeness (QED) is 0.215. The first-order chi connectivity index (χ1) is 21.5. The topological polar surface area (TPSA) is 136 Å². The molecule has 1 aliphatic rings. The van der Waals surface area contributed by atoms with E-state index < -0.39 is 34.8 Å². The van der Waals surface area contributed by atoms with Crippen molar-refractivity contribution in [3.05, 3.63) is 71.2 Å². The zero-order chi connectivity index (χ0) is 33.9. The van der Waals surface area contributed by atoms with Crippen molar-refractivity contribution in [1.29, 1.82) is 0 Å². The van der Waals surface area contributed by atoms with Gasteiger partial charge in [0.15, 0.2) is 23.0 Å². The molecule has 0 fully saturated rings. The van der Waals surface area contributed by atoms with Gasteiger partial charge in [0.2, 0.25) is 0 Å². The van der Waals surface area contributed by atoms with Gasteiger partial charge in [0.25, 0.3) is 0 Å². The van der Waals surface area contributed by atoms with Gasteiger partial charge in [0.05, 0.1) is 31.1 Å². The number of carbonyl (C=O) groups is 2. The molecule has 0 aliphatic carbocycles. The van der Waals surface area contributed by atoms with E-state index in [4.69, 9.17) is 23.9 Å². The van der Waals surface area contributed by atoms with Crippen molar-refractivity contribution in [2.45, 2.75) is 83.6 Å². The fourth-order valence-corrected chi connectivity index (χ4v) is 5.12. The molecule has 0 spiro atoms. The lowest BCUT2D eigenvalue weighted by molar-refractivity contribution is 0.0384. The number of nitrogens with one attached hydrogen (secondary N) is 1. The predicted molar refractivity (Wildman–Crippen MR) is 170 cm³/mol. The number of rotatable bonds is 11. The summed E-state index contributed by atoms with van der Waals surface area (Å²) in [4.78, 5) is 31.0. The molecular formula is C35H43FN2O8. The highest BCUT2D eigenvalue weighted by Crippen LogP contribution is 2.44. The Morgan fingerprint density at radius 1 is 1.11 bits per heavy atom. The average molecular weight is 639 g/mol. The van der Waals surface area contributed by atoms with Gasteiger partial charge < -0.3 is 34.5 Å². The van der Waals surface area contributed by atoms with Crippen LogP contribution in [0.3, 0.4) is 0 Å². The summed E-state index contributed by atoms with van der Waals surface area (Å²) in [5.74, 6) is 0.476. The molecule has 4 rings (SSSR count). The fraction of sp³-hybridized carbons (Fsp3) is 0.457. The number of fused-ring (bicyclic) bond motifs is 1. The maximum absolute atomic E-state index is 13.9. The first kappa shape index (κ1) is 34.6. The Hall–Kier alpha value is -4.22. The van der Waals surface area contributed by atoms with Crippen molar-refractivity contribution in [3.8, 4) is 28.5 Å². The second-order valence-corrected chi connectivity index (χ2v) is 13.0. The summed E-state index contributed by atoms with van der Waals surface area (Å²) < 4.78 is 36.4. The van der Waals surface area contributed by atoms with Crippen LogP contribution in [0.5, 0.6) is 17.2 Å². The van der Waals surface area contributed by atoms with E-state index in [0.29, 0.717) is 46.1 Å². The summed E-state index contributed by atoms with van der Waals surface area (Å²) in [6.45, 7) is 10.7. The predicted octanol–water partition coefficient (Wildman–Crippen LogP) is 6.05. The molecule has 3 N–H and O–H groups in total. The normalized spacial score (nSPS) is 18.0. The Morgan fingerprint density at radius 2 is 1.80 bits per heavy atom. The molecule has 248 valence electrons. The molecule has 1 amide bonds. The van der Waals surface area contributed by atoms with Crippen molar-refractivity contribution < 1.29 is 43.1 Å². The smallest absolute Gasteiger partial charge is 0.408 e. The summed E-state index contributed by atoms with van der Waals surface area (Å²) >= 11 is 0. The molecule has 2 aromatic carbocycles. The summed E-state index contributed by atoms with van der Waals surface area (Å²) in [7, 11) is 1.46. The van der Waals surface area contributed by atoms with Crippen LogP contribution >= 0.6 is 0 Å². The van der Waals surface area contributed by atoms with Gasteiger partial charge in [-0.15, -0.1) is 0 Å². The van der Waals surface area contributed by atoms with Crippen LogP contribution < -0.4 is 19.5 Å². The molecule has 1 unspecified atom stereocenters. The molecule has 0 radical (unpaired) electrons. The van der Waals surface area contributed by atoms with Crippen LogP contribution in [0.25, 0.3) is 11.3 Å². The SMILES string of the molecule is COc1cc(C(=O)CCC(C)(O)c2cc3c(c(-c4ccc(F)cc4)n2)OCC[C@]3(C)NC(=O)OC(C)(C)C)ccc1OC[C@@H](C)O. The van der Waals surface area contributed by atoms with Gasteiger partial charge in [-0.05, 0) is 96.5 Å². The highest BCUT2D eigenvalue weighted by molar-refractivity contribution is 5.96. The summed E-state index contributed by atoms with van der Waals surface area (Å²) in [5, 5.41) is 24.3. The standard InChI is InChI=1S/C35H43FN2O8/c1-21(39)20-45-27-13-10-23(18-28(27)43-7)26(40)14-15-35(6,42)29-19-25-31(30(37-29)22-8-11-24(36)12-9-22)44-17-16-34(25,5)38-32(41)46-33(2,3)4/h8-13,18-19,21,39,42H,14-17,20H2,1-7H3,(H,38,41)/t21-,34+,35?/m1/s1. The number of amides is 1.